The van der Waals surface area contributed by atoms with Gasteiger partial charge in [0.05, 0.1) is 11.4 Å². The fraction of sp³-hybridized carbons (Fsp3) is 0.429. The van der Waals surface area contributed by atoms with Gasteiger partial charge in [-0.15, -0.1) is 0 Å². The molecule has 94 valence electrons. The van der Waals surface area contributed by atoms with E-state index in [1.807, 2.05) is 28.8 Å². The normalized spacial score (nSPS) is 20.6. The number of hydrogen-bond donors (Lipinski definition) is 0. The van der Waals surface area contributed by atoms with Gasteiger partial charge in [-0.3, -0.25) is 9.20 Å². The molecule has 0 amide bonds. The average molecular weight is 243 g/mol. The predicted molar refractivity (Wildman–Crippen MR) is 69.9 cm³/mol. The highest BCUT2D eigenvalue weighted by Gasteiger charge is 2.20. The lowest BCUT2D eigenvalue weighted by Crippen LogP contribution is -2.15. The van der Waals surface area contributed by atoms with Gasteiger partial charge in [-0.05, 0) is 44.5 Å². The van der Waals surface area contributed by atoms with Gasteiger partial charge >= 0.3 is 0 Å². The molecule has 1 fully saturated rings. The van der Waals surface area contributed by atoms with E-state index in [2.05, 4.69) is 16.9 Å². The fourth-order valence-corrected chi connectivity index (χ4v) is 2.77. The summed E-state index contributed by atoms with van der Waals surface area (Å²) in [6, 6.07) is 5.63. The number of nitrogens with zero attached hydrogens (tertiary/aromatic N) is 3. The molecule has 2 aromatic rings. The van der Waals surface area contributed by atoms with Gasteiger partial charge in [0.15, 0.2) is 6.29 Å². The third-order valence-corrected chi connectivity index (χ3v) is 3.68. The molecule has 4 heteroatoms. The third-order valence-electron chi connectivity index (χ3n) is 3.68. The first-order chi connectivity index (χ1) is 8.76. The van der Waals surface area contributed by atoms with E-state index in [-0.39, 0.29) is 0 Å². The van der Waals surface area contributed by atoms with Crippen LogP contribution >= 0.6 is 0 Å². The quantitative estimate of drug-likeness (QED) is 0.769. The minimum absolute atomic E-state index is 0.662. The molecule has 0 radical (unpaired) electrons. The van der Waals surface area contributed by atoms with E-state index in [0.717, 1.165) is 30.6 Å². The molecule has 0 aliphatic carbocycles. The first-order valence-electron chi connectivity index (χ1n) is 6.37. The van der Waals surface area contributed by atoms with Crippen molar-refractivity contribution in [3.05, 3.63) is 35.8 Å². The Kier molecular flexibility index (Phi) is 2.88. The van der Waals surface area contributed by atoms with Crippen molar-refractivity contribution in [1.29, 1.82) is 0 Å². The van der Waals surface area contributed by atoms with Gasteiger partial charge in [0.1, 0.15) is 5.65 Å². The van der Waals surface area contributed by atoms with Crippen molar-refractivity contribution in [2.45, 2.75) is 12.8 Å². The molecule has 0 N–H and O–H groups in total. The van der Waals surface area contributed by atoms with Crippen LogP contribution in [0.25, 0.3) is 5.65 Å². The predicted octanol–water partition coefficient (Wildman–Crippen LogP) is 1.64. The summed E-state index contributed by atoms with van der Waals surface area (Å²) < 4.78 is 1.88. The number of carbonyl (C=O) groups is 1. The molecule has 18 heavy (non-hydrogen) atoms. The molecule has 0 spiro atoms. The lowest BCUT2D eigenvalue weighted by atomic mass is 10.0. The standard InChI is InChI=1S/C14H17N3O/c1-16-6-5-11(8-16)7-12-9-17-13(10-18)3-2-4-14(17)15-12/h2-4,9-11H,5-8H2,1H3. The SMILES string of the molecule is CN1CCC(Cc2cn3c(C=O)cccc3n2)C1. The Morgan fingerprint density at radius 3 is 3.11 bits per heavy atom. The topological polar surface area (TPSA) is 37.6 Å². The van der Waals surface area contributed by atoms with Crippen LogP contribution in [0.1, 0.15) is 22.6 Å². The largest absolute Gasteiger partial charge is 0.306 e. The number of rotatable bonds is 3. The summed E-state index contributed by atoms with van der Waals surface area (Å²) in [4.78, 5) is 17.9. The third kappa shape index (κ3) is 2.04. The molecule has 2 aromatic heterocycles. The van der Waals surface area contributed by atoms with Gasteiger partial charge in [-0.1, -0.05) is 6.07 Å². The van der Waals surface area contributed by atoms with Crippen LogP contribution < -0.4 is 0 Å². The van der Waals surface area contributed by atoms with Gasteiger partial charge in [-0.25, -0.2) is 4.98 Å². The average Bonchev–Trinajstić information content (AvgIpc) is 2.94. The molecular formula is C14H17N3O. The number of imidazole rings is 1. The van der Waals surface area contributed by atoms with Crippen LogP contribution in [0.2, 0.25) is 0 Å². The summed E-state index contributed by atoms with van der Waals surface area (Å²) in [6.45, 7) is 2.33. The van der Waals surface area contributed by atoms with E-state index in [1.165, 1.54) is 13.0 Å². The Morgan fingerprint density at radius 1 is 1.50 bits per heavy atom. The maximum atomic E-state index is 11.0. The van der Waals surface area contributed by atoms with Gasteiger partial charge in [0, 0.05) is 12.7 Å². The molecule has 1 saturated heterocycles. The second-order valence-electron chi connectivity index (χ2n) is 5.15. The number of hydrogen-bond acceptors (Lipinski definition) is 3. The molecule has 1 aliphatic heterocycles. The van der Waals surface area contributed by atoms with E-state index >= 15 is 0 Å². The summed E-state index contributed by atoms with van der Waals surface area (Å²) in [5.41, 5.74) is 2.61. The van der Waals surface area contributed by atoms with Gasteiger partial charge < -0.3 is 4.90 Å². The summed E-state index contributed by atoms with van der Waals surface area (Å²) in [5, 5.41) is 0. The first-order valence-corrected chi connectivity index (χ1v) is 6.37. The molecule has 1 atom stereocenters. The highest BCUT2D eigenvalue weighted by Crippen LogP contribution is 2.19. The first kappa shape index (κ1) is 11.4. The molecule has 0 aromatic carbocycles. The van der Waals surface area contributed by atoms with Gasteiger partial charge in [-0.2, -0.15) is 0 Å². The summed E-state index contributed by atoms with van der Waals surface area (Å²) in [5.74, 6) is 0.694. The number of aromatic nitrogens is 2. The fourth-order valence-electron chi connectivity index (χ4n) is 2.77. The number of pyridine rings is 1. The van der Waals surface area contributed by atoms with E-state index in [9.17, 15) is 4.79 Å². The van der Waals surface area contributed by atoms with Crippen LogP contribution in [0, 0.1) is 5.92 Å². The maximum Gasteiger partial charge on any atom is 0.166 e. The zero-order valence-electron chi connectivity index (χ0n) is 10.5. The van der Waals surface area contributed by atoms with Crippen molar-refractivity contribution in [3.8, 4) is 0 Å². The van der Waals surface area contributed by atoms with Crippen LogP contribution in [0.5, 0.6) is 0 Å². The van der Waals surface area contributed by atoms with Crippen LogP contribution in [-0.2, 0) is 6.42 Å². The molecule has 4 nitrogen and oxygen atoms in total. The monoisotopic (exact) mass is 243 g/mol. The highest BCUT2D eigenvalue weighted by molar-refractivity contribution is 5.73. The van der Waals surface area contributed by atoms with E-state index < -0.39 is 0 Å². The molecule has 0 bridgehead atoms. The van der Waals surface area contributed by atoms with E-state index in [1.54, 1.807) is 0 Å². The van der Waals surface area contributed by atoms with Gasteiger partial charge in [0.2, 0.25) is 0 Å². The van der Waals surface area contributed by atoms with E-state index in [4.69, 9.17) is 0 Å². The van der Waals surface area contributed by atoms with Crippen LogP contribution in [0.3, 0.4) is 0 Å². The lowest BCUT2D eigenvalue weighted by molar-refractivity contribution is 0.111. The molecule has 3 rings (SSSR count). The van der Waals surface area contributed by atoms with E-state index in [0.29, 0.717) is 11.6 Å². The number of likely N-dealkylation sites (tertiary alicyclic amines) is 1. The smallest absolute Gasteiger partial charge is 0.166 e. The second kappa shape index (κ2) is 4.53. The summed E-state index contributed by atoms with van der Waals surface area (Å²) in [7, 11) is 2.16. The summed E-state index contributed by atoms with van der Waals surface area (Å²) in [6.07, 6.45) is 5.12. The van der Waals surface area contributed by atoms with Crippen molar-refractivity contribution in [3.63, 3.8) is 0 Å². The minimum Gasteiger partial charge on any atom is -0.306 e. The Morgan fingerprint density at radius 2 is 2.39 bits per heavy atom. The Labute approximate surface area is 106 Å². The van der Waals surface area contributed by atoms with Crippen LogP contribution in [0.4, 0.5) is 0 Å². The van der Waals surface area contributed by atoms with Crippen molar-refractivity contribution >= 4 is 11.9 Å². The molecule has 1 aliphatic rings. The zero-order valence-corrected chi connectivity index (χ0v) is 10.5. The zero-order chi connectivity index (χ0) is 12.5. The Hall–Kier alpha value is -1.68. The molecule has 3 heterocycles. The second-order valence-corrected chi connectivity index (χ2v) is 5.15. The number of carbonyl (C=O) groups excluding carboxylic acids is 1. The Bertz CT molecular complexity index is 575. The van der Waals surface area contributed by atoms with Crippen LogP contribution in [-0.4, -0.2) is 40.7 Å². The molecule has 0 saturated carbocycles. The highest BCUT2D eigenvalue weighted by atomic mass is 16.1. The Balaban J connectivity index is 1.87. The minimum atomic E-state index is 0.662. The molecular weight excluding hydrogens is 226 g/mol. The van der Waals surface area contributed by atoms with Crippen molar-refractivity contribution in [2.75, 3.05) is 20.1 Å². The number of aldehydes is 1. The van der Waals surface area contributed by atoms with Crippen molar-refractivity contribution in [1.82, 2.24) is 14.3 Å². The summed E-state index contributed by atoms with van der Waals surface area (Å²) >= 11 is 0. The number of fused-ring (bicyclic) bond motifs is 1. The molecule has 1 unspecified atom stereocenters. The van der Waals surface area contributed by atoms with Crippen molar-refractivity contribution in [2.24, 2.45) is 5.92 Å². The maximum absolute atomic E-state index is 11.0. The van der Waals surface area contributed by atoms with Gasteiger partial charge in [0.25, 0.3) is 0 Å². The lowest BCUT2D eigenvalue weighted by Gasteiger charge is -2.07. The van der Waals surface area contributed by atoms with Crippen LogP contribution in [0.15, 0.2) is 24.4 Å². The van der Waals surface area contributed by atoms with Crippen molar-refractivity contribution < 1.29 is 4.79 Å².